The largest absolute Gasteiger partial charge is 0.343 e. The van der Waals surface area contributed by atoms with Crippen molar-refractivity contribution in [3.05, 3.63) is 106 Å². The maximum absolute atomic E-state index is 12.5. The van der Waals surface area contributed by atoms with Crippen molar-refractivity contribution in [3.63, 3.8) is 0 Å². The fourth-order valence-corrected chi connectivity index (χ4v) is 3.92. The normalized spacial score (nSPS) is 12.3. The number of imidazole rings is 1. The Morgan fingerprint density at radius 2 is 1.83 bits per heavy atom. The molecule has 4 rings (SSSR count). The maximum Gasteiger partial charge on any atom is 0.244 e. The van der Waals surface area contributed by atoms with E-state index < -0.39 is 0 Å². The standard InChI is InChI=1S/C25H22BrN3O/c1-18(27-24(30)15-14-19-8-3-2-4-9-19)25-28-22-12-5-6-13-23(22)29(25)17-20-10-7-11-21(26)16-20/h2-16,18H,17H2,1H3,(H,27,30)/b15-14-. The van der Waals surface area contributed by atoms with Gasteiger partial charge in [-0.2, -0.15) is 0 Å². The minimum Gasteiger partial charge on any atom is -0.343 e. The van der Waals surface area contributed by atoms with Crippen LogP contribution in [0.4, 0.5) is 0 Å². The van der Waals surface area contributed by atoms with Gasteiger partial charge in [0.1, 0.15) is 5.82 Å². The summed E-state index contributed by atoms with van der Waals surface area (Å²) < 4.78 is 3.21. The highest BCUT2D eigenvalue weighted by atomic mass is 79.9. The van der Waals surface area contributed by atoms with Crippen molar-refractivity contribution in [1.82, 2.24) is 14.9 Å². The van der Waals surface area contributed by atoms with E-state index in [-0.39, 0.29) is 11.9 Å². The molecule has 0 saturated heterocycles. The van der Waals surface area contributed by atoms with Crippen LogP contribution in [0.2, 0.25) is 0 Å². The Bertz CT molecular complexity index is 1200. The summed E-state index contributed by atoms with van der Waals surface area (Å²) in [7, 11) is 0. The lowest BCUT2D eigenvalue weighted by molar-refractivity contribution is -0.117. The van der Waals surface area contributed by atoms with E-state index >= 15 is 0 Å². The minimum atomic E-state index is -0.238. The number of carbonyl (C=O) groups excluding carboxylic acids is 1. The molecule has 0 aliphatic heterocycles. The lowest BCUT2D eigenvalue weighted by Gasteiger charge is -2.16. The summed E-state index contributed by atoms with van der Waals surface area (Å²) in [6.07, 6.45) is 3.37. The summed E-state index contributed by atoms with van der Waals surface area (Å²) >= 11 is 3.54. The maximum atomic E-state index is 12.5. The van der Waals surface area contributed by atoms with Gasteiger partial charge >= 0.3 is 0 Å². The third-order valence-corrected chi connectivity index (χ3v) is 5.38. The molecule has 4 aromatic rings. The van der Waals surface area contributed by atoms with Gasteiger partial charge in [-0.05, 0) is 48.4 Å². The van der Waals surface area contributed by atoms with Crippen LogP contribution in [-0.2, 0) is 11.3 Å². The second-order valence-corrected chi connectivity index (χ2v) is 8.06. The van der Waals surface area contributed by atoms with Crippen LogP contribution in [0, 0.1) is 0 Å². The van der Waals surface area contributed by atoms with Gasteiger partial charge in [-0.3, -0.25) is 4.79 Å². The predicted octanol–water partition coefficient (Wildman–Crippen LogP) is 5.74. The number of nitrogens with zero attached hydrogens (tertiary/aromatic N) is 2. The Labute approximate surface area is 184 Å². The summed E-state index contributed by atoms with van der Waals surface area (Å²) in [6, 6.07) is 25.8. The van der Waals surface area contributed by atoms with Crippen LogP contribution in [0.15, 0.2) is 89.4 Å². The second-order valence-electron chi connectivity index (χ2n) is 7.15. The zero-order valence-electron chi connectivity index (χ0n) is 16.6. The Morgan fingerprint density at radius 1 is 1.07 bits per heavy atom. The number of halogens is 1. The van der Waals surface area contributed by atoms with E-state index in [1.165, 1.54) is 0 Å². The molecule has 0 saturated carbocycles. The summed E-state index contributed by atoms with van der Waals surface area (Å²) in [4.78, 5) is 17.3. The molecule has 1 atom stereocenters. The van der Waals surface area contributed by atoms with Crippen molar-refractivity contribution in [2.24, 2.45) is 0 Å². The Kier molecular flexibility index (Phi) is 6.10. The Hall–Kier alpha value is -3.18. The average Bonchev–Trinajstić information content (AvgIpc) is 3.12. The molecule has 5 heteroatoms. The molecule has 0 aliphatic carbocycles. The molecule has 1 aromatic heterocycles. The summed E-state index contributed by atoms with van der Waals surface area (Å²) in [6.45, 7) is 2.64. The molecule has 0 bridgehead atoms. The van der Waals surface area contributed by atoms with E-state index in [2.05, 4.69) is 44.0 Å². The lowest BCUT2D eigenvalue weighted by atomic mass is 10.2. The van der Waals surface area contributed by atoms with Crippen molar-refractivity contribution in [2.75, 3.05) is 0 Å². The fraction of sp³-hybridized carbons (Fsp3) is 0.120. The number of carbonyl (C=O) groups is 1. The monoisotopic (exact) mass is 459 g/mol. The molecule has 150 valence electrons. The number of hydrogen-bond donors (Lipinski definition) is 1. The summed E-state index contributed by atoms with van der Waals surface area (Å²) in [5.41, 5.74) is 4.12. The van der Waals surface area contributed by atoms with Crippen LogP contribution < -0.4 is 5.32 Å². The van der Waals surface area contributed by atoms with Gasteiger partial charge in [0.15, 0.2) is 0 Å². The highest BCUT2D eigenvalue weighted by molar-refractivity contribution is 9.10. The topological polar surface area (TPSA) is 46.9 Å². The first-order valence-corrected chi connectivity index (χ1v) is 10.6. The van der Waals surface area contributed by atoms with Gasteiger partial charge in [-0.1, -0.05) is 70.5 Å². The van der Waals surface area contributed by atoms with Crippen LogP contribution in [0.25, 0.3) is 17.1 Å². The van der Waals surface area contributed by atoms with Crippen molar-refractivity contribution in [1.29, 1.82) is 0 Å². The zero-order chi connectivity index (χ0) is 20.9. The number of aromatic nitrogens is 2. The lowest BCUT2D eigenvalue weighted by Crippen LogP contribution is -2.27. The van der Waals surface area contributed by atoms with Crippen molar-refractivity contribution >= 4 is 38.9 Å². The van der Waals surface area contributed by atoms with Crippen molar-refractivity contribution in [2.45, 2.75) is 19.5 Å². The van der Waals surface area contributed by atoms with Crippen LogP contribution in [0.5, 0.6) is 0 Å². The molecule has 1 amide bonds. The number of amides is 1. The third kappa shape index (κ3) is 4.69. The number of nitrogens with one attached hydrogen (secondary N) is 1. The number of para-hydroxylation sites is 2. The van der Waals surface area contributed by atoms with Crippen LogP contribution in [0.1, 0.15) is 29.9 Å². The van der Waals surface area contributed by atoms with Crippen LogP contribution in [-0.4, -0.2) is 15.5 Å². The van der Waals surface area contributed by atoms with Gasteiger partial charge in [-0.25, -0.2) is 4.98 Å². The molecule has 1 unspecified atom stereocenters. The van der Waals surface area contributed by atoms with Crippen molar-refractivity contribution in [3.8, 4) is 0 Å². The zero-order valence-corrected chi connectivity index (χ0v) is 18.2. The fourth-order valence-electron chi connectivity index (χ4n) is 3.47. The SMILES string of the molecule is CC(NC(=O)/C=C\c1ccccc1)c1nc2ccccc2n1Cc1cccc(Br)c1. The van der Waals surface area contributed by atoms with Gasteiger partial charge in [0.2, 0.25) is 5.91 Å². The van der Waals surface area contributed by atoms with E-state index in [1.54, 1.807) is 6.08 Å². The molecule has 30 heavy (non-hydrogen) atoms. The van der Waals surface area contributed by atoms with Crippen molar-refractivity contribution < 1.29 is 4.79 Å². The molecule has 0 fully saturated rings. The second kappa shape index (κ2) is 9.09. The van der Waals surface area contributed by atoms with Gasteiger partial charge in [0, 0.05) is 17.1 Å². The molecule has 0 radical (unpaired) electrons. The number of benzene rings is 3. The molecule has 1 heterocycles. The molecule has 1 N–H and O–H groups in total. The van der Waals surface area contributed by atoms with Crippen LogP contribution >= 0.6 is 15.9 Å². The molecule has 0 aliphatic rings. The number of hydrogen-bond acceptors (Lipinski definition) is 2. The first kappa shape index (κ1) is 20.1. The molecular formula is C25H22BrN3O. The minimum absolute atomic E-state index is 0.146. The Morgan fingerprint density at radius 3 is 2.63 bits per heavy atom. The summed E-state index contributed by atoms with van der Waals surface area (Å²) in [5.74, 6) is 0.685. The van der Waals surface area contributed by atoms with E-state index in [4.69, 9.17) is 4.98 Å². The molecule has 0 spiro atoms. The predicted molar refractivity (Wildman–Crippen MR) is 125 cm³/mol. The third-order valence-electron chi connectivity index (χ3n) is 4.89. The van der Waals surface area contributed by atoms with E-state index in [9.17, 15) is 4.79 Å². The Balaban J connectivity index is 1.59. The molecular weight excluding hydrogens is 438 g/mol. The van der Waals surface area contributed by atoms with Gasteiger partial charge in [0.25, 0.3) is 0 Å². The number of fused-ring (bicyclic) bond motifs is 1. The van der Waals surface area contributed by atoms with Gasteiger partial charge in [0.05, 0.1) is 17.1 Å². The van der Waals surface area contributed by atoms with E-state index in [0.29, 0.717) is 6.54 Å². The quantitative estimate of drug-likeness (QED) is 0.373. The number of rotatable bonds is 6. The van der Waals surface area contributed by atoms with E-state index in [0.717, 1.165) is 32.5 Å². The van der Waals surface area contributed by atoms with Gasteiger partial charge in [-0.15, -0.1) is 0 Å². The van der Waals surface area contributed by atoms with Crippen LogP contribution in [0.3, 0.4) is 0 Å². The summed E-state index contributed by atoms with van der Waals surface area (Å²) in [5, 5.41) is 3.05. The van der Waals surface area contributed by atoms with E-state index in [1.807, 2.05) is 73.7 Å². The van der Waals surface area contributed by atoms with Gasteiger partial charge < -0.3 is 9.88 Å². The first-order chi connectivity index (χ1) is 14.6. The highest BCUT2D eigenvalue weighted by Crippen LogP contribution is 2.23. The average molecular weight is 460 g/mol. The molecule has 3 aromatic carbocycles. The highest BCUT2D eigenvalue weighted by Gasteiger charge is 2.18. The first-order valence-electron chi connectivity index (χ1n) is 9.83. The smallest absolute Gasteiger partial charge is 0.244 e. The molecule has 4 nitrogen and oxygen atoms in total.